The van der Waals surface area contributed by atoms with Gasteiger partial charge in [-0.25, -0.2) is 4.79 Å². The van der Waals surface area contributed by atoms with Gasteiger partial charge in [0.2, 0.25) is 0 Å². The van der Waals surface area contributed by atoms with E-state index in [1.807, 2.05) is 0 Å². The molecule has 0 aliphatic carbocycles. The number of urea groups is 1. The zero-order chi connectivity index (χ0) is 16.0. The van der Waals surface area contributed by atoms with Crippen molar-refractivity contribution in [3.05, 3.63) is 34.3 Å². The van der Waals surface area contributed by atoms with E-state index < -0.39 is 31.3 Å². The molecule has 1 aromatic carbocycles. The van der Waals surface area contributed by atoms with Gasteiger partial charge in [-0.05, 0) is 17.7 Å². The molecular weight excluding hydrogens is 357 g/mol. The van der Waals surface area contributed by atoms with Crippen molar-refractivity contribution in [1.29, 1.82) is 0 Å². The van der Waals surface area contributed by atoms with E-state index in [1.165, 1.54) is 0 Å². The molecule has 0 radical (unpaired) electrons. The molecule has 0 fully saturated rings. The summed E-state index contributed by atoms with van der Waals surface area (Å²) < 4.78 is 37.7. The lowest BCUT2D eigenvalue weighted by atomic mass is 10.2. The van der Waals surface area contributed by atoms with E-state index in [1.54, 1.807) is 24.3 Å². The highest BCUT2D eigenvalue weighted by atomic mass is 79.9. The van der Waals surface area contributed by atoms with Crippen LogP contribution in [-0.2, 0) is 11.3 Å². The van der Waals surface area contributed by atoms with Gasteiger partial charge in [-0.3, -0.25) is 4.79 Å². The van der Waals surface area contributed by atoms with Crippen molar-refractivity contribution < 1.29 is 27.9 Å². The lowest BCUT2D eigenvalue weighted by molar-refractivity contribution is -0.148. The number of carboxylic acids is 1. The van der Waals surface area contributed by atoms with E-state index >= 15 is 0 Å². The predicted octanol–water partition coefficient (Wildman–Crippen LogP) is 2.61. The van der Waals surface area contributed by atoms with E-state index in [0.717, 1.165) is 4.47 Å². The van der Waals surface area contributed by atoms with Crippen molar-refractivity contribution in [2.45, 2.75) is 12.7 Å². The molecule has 0 bridgehead atoms. The van der Waals surface area contributed by atoms with Crippen LogP contribution in [0.25, 0.3) is 0 Å². The van der Waals surface area contributed by atoms with Gasteiger partial charge in [-0.1, -0.05) is 28.1 Å². The molecule has 0 atom stereocenters. The van der Waals surface area contributed by atoms with Crippen LogP contribution in [0.4, 0.5) is 18.0 Å². The lowest BCUT2D eigenvalue weighted by Gasteiger charge is -2.22. The Morgan fingerprint density at radius 3 is 2.52 bits per heavy atom. The fourth-order valence-corrected chi connectivity index (χ4v) is 1.96. The molecule has 0 aliphatic rings. The number of alkyl halides is 3. The summed E-state index contributed by atoms with van der Waals surface area (Å²) in [4.78, 5) is 22.4. The average Bonchev–Trinajstić information content (AvgIpc) is 2.33. The SMILES string of the molecule is O=C(O)CN(CC(F)(F)F)C(=O)NCc1cccc(Br)c1. The summed E-state index contributed by atoms with van der Waals surface area (Å²) in [6.45, 7) is -2.65. The molecule has 1 rings (SSSR count). The quantitative estimate of drug-likeness (QED) is 0.839. The van der Waals surface area contributed by atoms with Crippen LogP contribution in [0.1, 0.15) is 5.56 Å². The second-order valence-electron chi connectivity index (χ2n) is 4.15. The third-order valence-corrected chi connectivity index (χ3v) is 2.81. The molecule has 0 aromatic heterocycles. The number of carbonyl (C=O) groups is 2. The second kappa shape index (κ2) is 7.30. The Morgan fingerprint density at radius 2 is 2.00 bits per heavy atom. The molecule has 5 nitrogen and oxygen atoms in total. The third kappa shape index (κ3) is 6.98. The monoisotopic (exact) mass is 368 g/mol. The number of amides is 2. The lowest BCUT2D eigenvalue weighted by Crippen LogP contribution is -2.46. The van der Waals surface area contributed by atoms with Crippen LogP contribution < -0.4 is 5.32 Å². The van der Waals surface area contributed by atoms with Gasteiger partial charge >= 0.3 is 18.2 Å². The summed E-state index contributed by atoms with van der Waals surface area (Å²) in [5.74, 6) is -1.52. The molecule has 0 spiro atoms. The minimum Gasteiger partial charge on any atom is -0.480 e. The highest BCUT2D eigenvalue weighted by Crippen LogP contribution is 2.16. The van der Waals surface area contributed by atoms with Crippen molar-refractivity contribution in [1.82, 2.24) is 10.2 Å². The van der Waals surface area contributed by atoms with Crippen LogP contribution in [0.3, 0.4) is 0 Å². The third-order valence-electron chi connectivity index (χ3n) is 2.32. The van der Waals surface area contributed by atoms with Gasteiger partial charge < -0.3 is 15.3 Å². The van der Waals surface area contributed by atoms with Gasteiger partial charge in [-0.15, -0.1) is 0 Å². The molecule has 0 saturated heterocycles. The Kier molecular flexibility index (Phi) is 6.01. The number of nitrogens with zero attached hydrogens (tertiary/aromatic N) is 1. The fraction of sp³-hybridized carbons (Fsp3) is 0.333. The number of nitrogens with one attached hydrogen (secondary N) is 1. The zero-order valence-corrected chi connectivity index (χ0v) is 12.2. The van der Waals surface area contributed by atoms with Crippen molar-refractivity contribution in [2.24, 2.45) is 0 Å². The first kappa shape index (κ1) is 17.3. The highest BCUT2D eigenvalue weighted by molar-refractivity contribution is 9.10. The highest BCUT2D eigenvalue weighted by Gasteiger charge is 2.33. The minimum absolute atomic E-state index is 0.00769. The molecule has 2 N–H and O–H groups in total. The van der Waals surface area contributed by atoms with Crippen LogP contribution in [0.2, 0.25) is 0 Å². The molecule has 0 unspecified atom stereocenters. The first-order valence-electron chi connectivity index (χ1n) is 5.73. The van der Waals surface area contributed by atoms with Gasteiger partial charge in [0.05, 0.1) is 0 Å². The summed E-state index contributed by atoms with van der Waals surface area (Å²) >= 11 is 3.22. The Bertz CT molecular complexity index is 523. The maximum atomic E-state index is 12.3. The molecule has 116 valence electrons. The minimum atomic E-state index is -4.66. The zero-order valence-electron chi connectivity index (χ0n) is 10.7. The molecule has 0 saturated carbocycles. The van der Waals surface area contributed by atoms with Crippen molar-refractivity contribution >= 4 is 27.9 Å². The van der Waals surface area contributed by atoms with E-state index in [9.17, 15) is 22.8 Å². The van der Waals surface area contributed by atoms with E-state index in [-0.39, 0.29) is 11.4 Å². The van der Waals surface area contributed by atoms with Crippen molar-refractivity contribution in [2.75, 3.05) is 13.1 Å². The summed E-state index contributed by atoms with van der Waals surface area (Å²) in [6, 6.07) is 5.74. The Labute approximate surface area is 126 Å². The Hall–Kier alpha value is -1.77. The predicted molar refractivity (Wildman–Crippen MR) is 71.6 cm³/mol. The summed E-state index contributed by atoms with van der Waals surface area (Å²) in [7, 11) is 0. The Morgan fingerprint density at radius 1 is 1.33 bits per heavy atom. The summed E-state index contributed by atoms with van der Waals surface area (Å²) in [6.07, 6.45) is -4.66. The topological polar surface area (TPSA) is 69.6 Å². The fourth-order valence-electron chi connectivity index (χ4n) is 1.52. The normalized spacial score (nSPS) is 11.0. The number of hydrogen-bond donors (Lipinski definition) is 2. The molecule has 1 aromatic rings. The van der Waals surface area contributed by atoms with Crippen LogP contribution in [-0.4, -0.2) is 41.3 Å². The number of benzene rings is 1. The number of rotatable bonds is 5. The maximum absolute atomic E-state index is 12.3. The smallest absolute Gasteiger partial charge is 0.406 e. The average molecular weight is 369 g/mol. The molecule has 0 heterocycles. The first-order valence-corrected chi connectivity index (χ1v) is 6.52. The van der Waals surface area contributed by atoms with E-state index in [0.29, 0.717) is 5.56 Å². The number of aliphatic carboxylic acids is 1. The van der Waals surface area contributed by atoms with Gasteiger partial charge in [-0.2, -0.15) is 13.2 Å². The standard InChI is InChI=1S/C12H12BrF3N2O3/c13-9-3-1-2-8(4-9)5-17-11(21)18(6-10(19)20)7-12(14,15)16/h1-4H,5-7H2,(H,17,21)(H,19,20). The van der Waals surface area contributed by atoms with Gasteiger partial charge in [0.15, 0.2) is 0 Å². The largest absolute Gasteiger partial charge is 0.480 e. The van der Waals surface area contributed by atoms with Gasteiger partial charge in [0, 0.05) is 11.0 Å². The van der Waals surface area contributed by atoms with E-state index in [4.69, 9.17) is 5.11 Å². The second-order valence-corrected chi connectivity index (χ2v) is 5.07. The molecule has 9 heteroatoms. The summed E-state index contributed by atoms with van der Waals surface area (Å²) in [5, 5.41) is 10.8. The van der Waals surface area contributed by atoms with Gasteiger partial charge in [0.1, 0.15) is 13.1 Å². The molecule has 2 amide bonds. The number of carbonyl (C=O) groups excluding carboxylic acids is 1. The van der Waals surface area contributed by atoms with E-state index in [2.05, 4.69) is 21.2 Å². The van der Waals surface area contributed by atoms with Gasteiger partial charge in [0.25, 0.3) is 0 Å². The summed E-state index contributed by atoms with van der Waals surface area (Å²) in [5.41, 5.74) is 0.667. The van der Waals surface area contributed by atoms with Crippen molar-refractivity contribution in [3.63, 3.8) is 0 Å². The molecule has 0 aliphatic heterocycles. The van der Waals surface area contributed by atoms with Crippen LogP contribution in [0.15, 0.2) is 28.7 Å². The molecule has 21 heavy (non-hydrogen) atoms. The Balaban J connectivity index is 2.65. The number of halogens is 4. The van der Waals surface area contributed by atoms with Crippen LogP contribution >= 0.6 is 15.9 Å². The van der Waals surface area contributed by atoms with Crippen LogP contribution in [0.5, 0.6) is 0 Å². The first-order chi connectivity index (χ1) is 9.67. The number of carboxylic acid groups (broad SMARTS) is 1. The number of hydrogen-bond acceptors (Lipinski definition) is 2. The van der Waals surface area contributed by atoms with Crippen LogP contribution in [0, 0.1) is 0 Å². The van der Waals surface area contributed by atoms with Crippen molar-refractivity contribution in [3.8, 4) is 0 Å². The maximum Gasteiger partial charge on any atom is 0.406 e. The molecular formula is C12H12BrF3N2O3.